The van der Waals surface area contributed by atoms with Gasteiger partial charge in [-0.05, 0) is 29.7 Å². The van der Waals surface area contributed by atoms with E-state index in [1.54, 1.807) is 6.07 Å². The maximum absolute atomic E-state index is 13.2. The Labute approximate surface area is 100 Å². The minimum atomic E-state index is -0.351. The van der Waals surface area contributed by atoms with E-state index in [1.807, 2.05) is 48.6 Å². The van der Waals surface area contributed by atoms with Crippen LogP contribution in [0.3, 0.4) is 0 Å². The SMILES string of the molecule is Nc1ccc(C/C=C/c2ccccc2)cc1F. The van der Waals surface area contributed by atoms with Gasteiger partial charge in [-0.15, -0.1) is 0 Å². The van der Waals surface area contributed by atoms with Crippen molar-refractivity contribution in [1.29, 1.82) is 0 Å². The molecule has 0 saturated heterocycles. The van der Waals surface area contributed by atoms with E-state index in [0.717, 1.165) is 11.1 Å². The Kier molecular flexibility index (Phi) is 3.55. The third kappa shape index (κ3) is 3.18. The third-order valence-electron chi connectivity index (χ3n) is 2.53. The van der Waals surface area contributed by atoms with Crippen molar-refractivity contribution in [1.82, 2.24) is 0 Å². The van der Waals surface area contributed by atoms with E-state index >= 15 is 0 Å². The fraction of sp³-hybridized carbons (Fsp3) is 0.0667. The molecular weight excluding hydrogens is 213 g/mol. The highest BCUT2D eigenvalue weighted by Gasteiger charge is 1.98. The number of anilines is 1. The largest absolute Gasteiger partial charge is 0.396 e. The quantitative estimate of drug-likeness (QED) is 0.795. The van der Waals surface area contributed by atoms with Gasteiger partial charge in [0, 0.05) is 0 Å². The summed E-state index contributed by atoms with van der Waals surface area (Å²) in [6, 6.07) is 14.9. The first-order valence-corrected chi connectivity index (χ1v) is 5.51. The predicted molar refractivity (Wildman–Crippen MR) is 70.0 cm³/mol. The first-order valence-electron chi connectivity index (χ1n) is 5.51. The Bertz CT molecular complexity index is 518. The second-order valence-corrected chi connectivity index (χ2v) is 3.87. The molecule has 0 saturated carbocycles. The maximum Gasteiger partial charge on any atom is 0.146 e. The highest BCUT2D eigenvalue weighted by atomic mass is 19.1. The summed E-state index contributed by atoms with van der Waals surface area (Å²) < 4.78 is 13.2. The molecule has 2 aromatic rings. The summed E-state index contributed by atoms with van der Waals surface area (Å²) in [5.74, 6) is -0.351. The Balaban J connectivity index is 2.03. The molecule has 2 aromatic carbocycles. The van der Waals surface area contributed by atoms with Crippen LogP contribution >= 0.6 is 0 Å². The summed E-state index contributed by atoms with van der Waals surface area (Å²) in [5, 5.41) is 0. The average Bonchev–Trinajstić information content (AvgIpc) is 2.35. The molecule has 0 aromatic heterocycles. The molecule has 17 heavy (non-hydrogen) atoms. The Hall–Kier alpha value is -2.09. The van der Waals surface area contributed by atoms with E-state index in [1.165, 1.54) is 6.07 Å². The number of hydrogen-bond acceptors (Lipinski definition) is 1. The summed E-state index contributed by atoms with van der Waals surface area (Å²) in [7, 11) is 0. The van der Waals surface area contributed by atoms with Gasteiger partial charge in [-0.25, -0.2) is 4.39 Å². The van der Waals surface area contributed by atoms with Crippen molar-refractivity contribution >= 4 is 11.8 Å². The fourth-order valence-corrected chi connectivity index (χ4v) is 1.59. The standard InChI is InChI=1S/C15H14FN/c16-14-11-13(9-10-15(14)17)8-4-7-12-5-2-1-3-6-12/h1-7,9-11H,8,17H2/b7-4+. The second kappa shape index (κ2) is 5.30. The van der Waals surface area contributed by atoms with E-state index in [2.05, 4.69) is 0 Å². The van der Waals surface area contributed by atoms with Gasteiger partial charge in [-0.1, -0.05) is 48.6 Å². The van der Waals surface area contributed by atoms with Crippen molar-refractivity contribution in [2.24, 2.45) is 0 Å². The van der Waals surface area contributed by atoms with Gasteiger partial charge in [0.2, 0.25) is 0 Å². The molecule has 0 heterocycles. The molecule has 2 N–H and O–H groups in total. The normalized spacial score (nSPS) is 10.9. The maximum atomic E-state index is 13.2. The molecule has 2 heteroatoms. The molecule has 0 unspecified atom stereocenters. The zero-order chi connectivity index (χ0) is 12.1. The molecule has 0 aliphatic heterocycles. The highest BCUT2D eigenvalue weighted by Crippen LogP contribution is 2.13. The van der Waals surface area contributed by atoms with Crippen LogP contribution in [0.25, 0.3) is 6.08 Å². The van der Waals surface area contributed by atoms with Crippen LogP contribution in [0.15, 0.2) is 54.6 Å². The molecule has 0 aliphatic carbocycles. The fourth-order valence-electron chi connectivity index (χ4n) is 1.59. The number of allylic oxidation sites excluding steroid dienone is 1. The topological polar surface area (TPSA) is 26.0 Å². The molecule has 0 fully saturated rings. The number of nitrogen functional groups attached to an aromatic ring is 1. The van der Waals surface area contributed by atoms with Gasteiger partial charge in [0.25, 0.3) is 0 Å². The van der Waals surface area contributed by atoms with Crippen molar-refractivity contribution in [2.75, 3.05) is 5.73 Å². The van der Waals surface area contributed by atoms with Gasteiger partial charge < -0.3 is 5.73 Å². The summed E-state index contributed by atoms with van der Waals surface area (Å²) in [6.07, 6.45) is 4.74. The monoisotopic (exact) mass is 227 g/mol. The number of halogens is 1. The molecule has 1 nitrogen and oxygen atoms in total. The van der Waals surface area contributed by atoms with Crippen LogP contribution in [0, 0.1) is 5.82 Å². The van der Waals surface area contributed by atoms with Crippen molar-refractivity contribution < 1.29 is 4.39 Å². The predicted octanol–water partition coefficient (Wildman–Crippen LogP) is 3.66. The van der Waals surface area contributed by atoms with E-state index in [-0.39, 0.29) is 11.5 Å². The lowest BCUT2D eigenvalue weighted by Crippen LogP contribution is -1.91. The summed E-state index contributed by atoms with van der Waals surface area (Å²) >= 11 is 0. The average molecular weight is 227 g/mol. The number of nitrogens with two attached hydrogens (primary N) is 1. The zero-order valence-electron chi connectivity index (χ0n) is 9.44. The molecule has 0 spiro atoms. The van der Waals surface area contributed by atoms with E-state index in [0.29, 0.717) is 6.42 Å². The Morgan fingerprint density at radius 1 is 1.06 bits per heavy atom. The minimum absolute atomic E-state index is 0.195. The lowest BCUT2D eigenvalue weighted by molar-refractivity contribution is 0.631. The molecule has 0 bridgehead atoms. The molecule has 86 valence electrons. The van der Waals surface area contributed by atoms with Crippen LogP contribution in [0.5, 0.6) is 0 Å². The van der Waals surface area contributed by atoms with Gasteiger partial charge in [-0.2, -0.15) is 0 Å². The van der Waals surface area contributed by atoms with E-state index < -0.39 is 0 Å². The second-order valence-electron chi connectivity index (χ2n) is 3.87. The van der Waals surface area contributed by atoms with Crippen LogP contribution in [-0.2, 0) is 6.42 Å². The third-order valence-corrected chi connectivity index (χ3v) is 2.53. The number of hydrogen-bond donors (Lipinski definition) is 1. The first kappa shape index (κ1) is 11.4. The van der Waals surface area contributed by atoms with Crippen molar-refractivity contribution in [3.05, 3.63) is 71.6 Å². The van der Waals surface area contributed by atoms with Gasteiger partial charge in [0.1, 0.15) is 5.82 Å². The van der Waals surface area contributed by atoms with Crippen molar-refractivity contribution in [2.45, 2.75) is 6.42 Å². The van der Waals surface area contributed by atoms with Gasteiger partial charge in [-0.3, -0.25) is 0 Å². The lowest BCUT2D eigenvalue weighted by atomic mass is 10.1. The highest BCUT2D eigenvalue weighted by molar-refractivity contribution is 5.49. The molecule has 0 aliphatic rings. The molecule has 0 amide bonds. The lowest BCUT2D eigenvalue weighted by Gasteiger charge is -1.99. The van der Waals surface area contributed by atoms with Crippen LogP contribution in [-0.4, -0.2) is 0 Å². The van der Waals surface area contributed by atoms with Crippen LogP contribution in [0.2, 0.25) is 0 Å². The minimum Gasteiger partial charge on any atom is -0.396 e. The number of benzene rings is 2. The first-order chi connectivity index (χ1) is 8.25. The Morgan fingerprint density at radius 3 is 2.53 bits per heavy atom. The zero-order valence-corrected chi connectivity index (χ0v) is 9.44. The number of rotatable bonds is 3. The molecule has 0 atom stereocenters. The van der Waals surface area contributed by atoms with Gasteiger partial charge >= 0.3 is 0 Å². The van der Waals surface area contributed by atoms with Crippen LogP contribution in [0.4, 0.5) is 10.1 Å². The summed E-state index contributed by atoms with van der Waals surface area (Å²) in [6.45, 7) is 0. The summed E-state index contributed by atoms with van der Waals surface area (Å²) in [4.78, 5) is 0. The molecule has 0 radical (unpaired) electrons. The molecule has 2 rings (SSSR count). The van der Waals surface area contributed by atoms with Crippen LogP contribution < -0.4 is 5.73 Å². The smallest absolute Gasteiger partial charge is 0.146 e. The van der Waals surface area contributed by atoms with Crippen molar-refractivity contribution in [3.8, 4) is 0 Å². The van der Waals surface area contributed by atoms with Crippen molar-refractivity contribution in [3.63, 3.8) is 0 Å². The van der Waals surface area contributed by atoms with Gasteiger partial charge in [0.05, 0.1) is 5.69 Å². The van der Waals surface area contributed by atoms with E-state index in [4.69, 9.17) is 5.73 Å². The van der Waals surface area contributed by atoms with Crippen LogP contribution in [0.1, 0.15) is 11.1 Å². The van der Waals surface area contributed by atoms with E-state index in [9.17, 15) is 4.39 Å². The Morgan fingerprint density at radius 2 is 1.82 bits per heavy atom. The molecular formula is C15H14FN. The summed E-state index contributed by atoms with van der Waals surface area (Å²) in [5.41, 5.74) is 7.67. The van der Waals surface area contributed by atoms with Gasteiger partial charge in [0.15, 0.2) is 0 Å².